The standard InChI is InChI=1S/C23H28N2O4S/c1-16(23(26)24-22-15-17-8-9-18(22)14-17)25(30(2,27)28)19-10-12-21(13-11-19)29-20-6-4-3-5-7-20/h3-7,10-13,16-18,22H,8-9,14-15H2,1-2H3,(H,24,26)/t16-,17+,18+,22+/m1/s1. The summed E-state index contributed by atoms with van der Waals surface area (Å²) in [7, 11) is -3.65. The van der Waals surface area contributed by atoms with Crippen molar-refractivity contribution in [1.29, 1.82) is 0 Å². The van der Waals surface area contributed by atoms with Crippen molar-refractivity contribution in [1.82, 2.24) is 5.32 Å². The second-order valence-corrected chi connectivity index (χ2v) is 10.3. The number of rotatable bonds is 7. The summed E-state index contributed by atoms with van der Waals surface area (Å²) in [4.78, 5) is 12.9. The Kier molecular flexibility index (Phi) is 5.73. The summed E-state index contributed by atoms with van der Waals surface area (Å²) in [5.74, 6) is 2.29. The molecule has 0 heterocycles. The molecule has 2 aliphatic rings. The summed E-state index contributed by atoms with van der Waals surface area (Å²) >= 11 is 0. The molecular weight excluding hydrogens is 400 g/mol. The van der Waals surface area contributed by atoms with Crippen molar-refractivity contribution in [2.45, 2.75) is 44.7 Å². The fraction of sp³-hybridized carbons (Fsp3) is 0.435. The van der Waals surface area contributed by atoms with Crippen LogP contribution >= 0.6 is 0 Å². The Morgan fingerprint density at radius 2 is 1.70 bits per heavy atom. The van der Waals surface area contributed by atoms with E-state index in [0.717, 1.165) is 19.1 Å². The highest BCUT2D eigenvalue weighted by atomic mass is 32.2. The number of carbonyl (C=O) groups excluding carboxylic acids is 1. The van der Waals surface area contributed by atoms with Crippen molar-refractivity contribution in [2.24, 2.45) is 11.8 Å². The number of hydrogen-bond donors (Lipinski definition) is 1. The third kappa shape index (κ3) is 4.46. The summed E-state index contributed by atoms with van der Waals surface area (Å²) < 4.78 is 32.0. The van der Waals surface area contributed by atoms with Gasteiger partial charge in [-0.15, -0.1) is 0 Å². The van der Waals surface area contributed by atoms with E-state index >= 15 is 0 Å². The first-order valence-corrected chi connectivity index (χ1v) is 12.3. The number of hydrogen-bond acceptors (Lipinski definition) is 4. The molecule has 0 aliphatic heterocycles. The summed E-state index contributed by atoms with van der Waals surface area (Å²) in [6.07, 6.45) is 5.72. The van der Waals surface area contributed by atoms with Crippen LogP contribution in [0.4, 0.5) is 5.69 Å². The third-order valence-electron chi connectivity index (χ3n) is 6.22. The van der Waals surface area contributed by atoms with Gasteiger partial charge in [0.25, 0.3) is 0 Å². The quantitative estimate of drug-likeness (QED) is 0.725. The molecule has 7 heteroatoms. The van der Waals surface area contributed by atoms with Gasteiger partial charge in [-0.1, -0.05) is 24.6 Å². The lowest BCUT2D eigenvalue weighted by Crippen LogP contribution is -2.51. The van der Waals surface area contributed by atoms with Crippen LogP contribution < -0.4 is 14.4 Å². The number of nitrogens with one attached hydrogen (secondary N) is 1. The highest BCUT2D eigenvalue weighted by Gasteiger charge is 2.41. The zero-order valence-electron chi connectivity index (χ0n) is 17.3. The van der Waals surface area contributed by atoms with Crippen molar-refractivity contribution in [3.63, 3.8) is 0 Å². The van der Waals surface area contributed by atoms with E-state index in [1.807, 2.05) is 30.3 Å². The monoisotopic (exact) mass is 428 g/mol. The van der Waals surface area contributed by atoms with E-state index < -0.39 is 16.1 Å². The average molecular weight is 429 g/mol. The molecule has 4 atom stereocenters. The van der Waals surface area contributed by atoms with Gasteiger partial charge in [-0.05, 0) is 74.4 Å². The Hall–Kier alpha value is -2.54. The normalized spacial score (nSPS) is 23.7. The van der Waals surface area contributed by atoms with E-state index in [1.54, 1.807) is 31.2 Å². The smallest absolute Gasteiger partial charge is 0.243 e. The summed E-state index contributed by atoms with van der Waals surface area (Å²) in [5.41, 5.74) is 0.438. The molecule has 2 bridgehead atoms. The van der Waals surface area contributed by atoms with Crippen molar-refractivity contribution in [2.75, 3.05) is 10.6 Å². The van der Waals surface area contributed by atoms with Crippen LogP contribution in [-0.2, 0) is 14.8 Å². The lowest BCUT2D eigenvalue weighted by molar-refractivity contribution is -0.122. The van der Waals surface area contributed by atoms with Gasteiger partial charge in [0.2, 0.25) is 15.9 Å². The van der Waals surface area contributed by atoms with Gasteiger partial charge >= 0.3 is 0 Å². The van der Waals surface area contributed by atoms with Crippen molar-refractivity contribution >= 4 is 21.6 Å². The first-order valence-electron chi connectivity index (χ1n) is 10.4. The fourth-order valence-electron chi connectivity index (χ4n) is 4.82. The minimum atomic E-state index is -3.65. The largest absolute Gasteiger partial charge is 0.457 e. The van der Waals surface area contributed by atoms with Crippen LogP contribution in [0.2, 0.25) is 0 Å². The minimum Gasteiger partial charge on any atom is -0.457 e. The summed E-state index contributed by atoms with van der Waals surface area (Å²) in [5, 5.41) is 3.11. The number of carbonyl (C=O) groups is 1. The van der Waals surface area contributed by atoms with E-state index in [0.29, 0.717) is 29.0 Å². The van der Waals surface area contributed by atoms with Gasteiger partial charge in [-0.2, -0.15) is 0 Å². The Labute approximate surface area is 178 Å². The average Bonchev–Trinajstić information content (AvgIpc) is 3.32. The molecule has 0 aromatic heterocycles. The number of benzene rings is 2. The molecule has 2 aliphatic carbocycles. The van der Waals surface area contributed by atoms with Gasteiger partial charge in [0.05, 0.1) is 11.9 Å². The summed E-state index contributed by atoms with van der Waals surface area (Å²) in [6, 6.07) is 15.4. The van der Waals surface area contributed by atoms with Gasteiger partial charge in [0.1, 0.15) is 17.5 Å². The number of amides is 1. The molecule has 0 spiro atoms. The zero-order valence-corrected chi connectivity index (χ0v) is 18.1. The van der Waals surface area contributed by atoms with Crippen LogP contribution in [0.1, 0.15) is 32.6 Å². The number of fused-ring (bicyclic) bond motifs is 2. The van der Waals surface area contributed by atoms with Crippen LogP contribution in [0.3, 0.4) is 0 Å². The molecule has 160 valence electrons. The molecule has 0 radical (unpaired) electrons. The van der Waals surface area contributed by atoms with E-state index in [4.69, 9.17) is 4.74 Å². The molecular formula is C23H28N2O4S. The number of sulfonamides is 1. The van der Waals surface area contributed by atoms with E-state index in [1.165, 1.54) is 17.1 Å². The Bertz CT molecular complexity index is 992. The number of ether oxygens (including phenoxy) is 1. The molecule has 2 aromatic carbocycles. The molecule has 6 nitrogen and oxygen atoms in total. The molecule has 30 heavy (non-hydrogen) atoms. The van der Waals surface area contributed by atoms with Crippen LogP contribution in [0.15, 0.2) is 54.6 Å². The van der Waals surface area contributed by atoms with Crippen LogP contribution in [0.5, 0.6) is 11.5 Å². The number of para-hydroxylation sites is 1. The van der Waals surface area contributed by atoms with Gasteiger partial charge in [0, 0.05) is 6.04 Å². The first kappa shape index (κ1) is 20.7. The molecule has 4 rings (SSSR count). The van der Waals surface area contributed by atoms with Gasteiger partial charge < -0.3 is 10.1 Å². The van der Waals surface area contributed by atoms with Crippen molar-refractivity contribution in [3.8, 4) is 11.5 Å². The third-order valence-corrected chi connectivity index (χ3v) is 7.47. The maximum Gasteiger partial charge on any atom is 0.243 e. The molecule has 0 unspecified atom stereocenters. The van der Waals surface area contributed by atoms with E-state index in [2.05, 4.69) is 5.32 Å². The fourth-order valence-corrected chi connectivity index (χ4v) is 5.99. The van der Waals surface area contributed by atoms with Crippen LogP contribution in [-0.4, -0.2) is 32.7 Å². The number of nitrogens with zero attached hydrogens (tertiary/aromatic N) is 1. The predicted molar refractivity (Wildman–Crippen MR) is 117 cm³/mol. The highest BCUT2D eigenvalue weighted by molar-refractivity contribution is 7.92. The molecule has 1 amide bonds. The summed E-state index contributed by atoms with van der Waals surface area (Å²) in [6.45, 7) is 1.64. The zero-order chi connectivity index (χ0) is 21.3. The van der Waals surface area contributed by atoms with Gasteiger partial charge in [0.15, 0.2) is 0 Å². The highest BCUT2D eigenvalue weighted by Crippen LogP contribution is 2.44. The Morgan fingerprint density at radius 1 is 1.03 bits per heavy atom. The van der Waals surface area contributed by atoms with Crippen molar-refractivity contribution in [3.05, 3.63) is 54.6 Å². The molecule has 1 N–H and O–H groups in total. The SMILES string of the molecule is C[C@H](C(=O)N[C@H]1C[C@H]2CC[C@H]1C2)N(c1ccc(Oc2ccccc2)cc1)S(C)(=O)=O. The van der Waals surface area contributed by atoms with Crippen LogP contribution in [0, 0.1) is 11.8 Å². The lowest BCUT2D eigenvalue weighted by atomic mass is 9.95. The van der Waals surface area contributed by atoms with Crippen molar-refractivity contribution < 1.29 is 17.9 Å². The molecule has 2 aromatic rings. The maximum absolute atomic E-state index is 12.9. The van der Waals surface area contributed by atoms with E-state index in [9.17, 15) is 13.2 Å². The minimum absolute atomic E-state index is 0.168. The molecule has 2 fully saturated rings. The molecule has 2 saturated carbocycles. The Balaban J connectivity index is 1.48. The maximum atomic E-state index is 12.9. The topological polar surface area (TPSA) is 75.7 Å². The second-order valence-electron chi connectivity index (χ2n) is 8.43. The van der Waals surface area contributed by atoms with E-state index in [-0.39, 0.29) is 11.9 Å². The molecule has 0 saturated heterocycles. The Morgan fingerprint density at radius 3 is 2.27 bits per heavy atom. The second kappa shape index (κ2) is 8.30. The predicted octanol–water partition coefficient (Wildman–Crippen LogP) is 3.94. The number of anilines is 1. The van der Waals surface area contributed by atoms with Gasteiger partial charge in [-0.3, -0.25) is 9.10 Å². The first-order chi connectivity index (χ1) is 14.3. The van der Waals surface area contributed by atoms with Gasteiger partial charge in [-0.25, -0.2) is 8.42 Å². The van der Waals surface area contributed by atoms with Crippen LogP contribution in [0.25, 0.3) is 0 Å². The lowest BCUT2D eigenvalue weighted by Gasteiger charge is -2.31.